The van der Waals surface area contributed by atoms with Gasteiger partial charge in [0.1, 0.15) is 11.5 Å². The third-order valence-corrected chi connectivity index (χ3v) is 3.65. The van der Waals surface area contributed by atoms with Crippen LogP contribution in [0.15, 0.2) is 33.9 Å². The van der Waals surface area contributed by atoms with E-state index in [1.165, 1.54) is 19.1 Å². The molecule has 0 aliphatic rings. The number of aryl methyl sites for hydroxylation is 1. The molecule has 0 aliphatic carbocycles. The van der Waals surface area contributed by atoms with Gasteiger partial charge in [-0.3, -0.25) is 9.59 Å². The van der Waals surface area contributed by atoms with E-state index < -0.39 is 5.56 Å². The first-order valence-electron chi connectivity index (χ1n) is 5.72. The second kappa shape index (κ2) is 4.61. The summed E-state index contributed by atoms with van der Waals surface area (Å²) in [5.74, 6) is -0.381. The Bertz CT molecular complexity index is 977. The summed E-state index contributed by atoms with van der Waals surface area (Å²) >= 11 is 1.05. The van der Waals surface area contributed by atoms with Crippen molar-refractivity contribution in [1.29, 1.82) is 0 Å². The summed E-state index contributed by atoms with van der Waals surface area (Å²) in [4.78, 5) is 27.6. The molecular weight excluding hydrogens is 281 g/mol. The Labute approximate surface area is 115 Å². The molecule has 0 amide bonds. The van der Waals surface area contributed by atoms with Crippen LogP contribution in [0, 0.1) is 12.7 Å². The molecule has 0 radical (unpaired) electrons. The zero-order chi connectivity index (χ0) is 14.3. The van der Waals surface area contributed by atoms with E-state index in [1.54, 1.807) is 18.2 Å². The molecule has 5 nitrogen and oxygen atoms in total. The van der Waals surface area contributed by atoms with Crippen LogP contribution in [-0.4, -0.2) is 14.6 Å². The lowest BCUT2D eigenvalue weighted by atomic mass is 10.2. The van der Waals surface area contributed by atoms with Gasteiger partial charge in [-0.15, -0.1) is 0 Å². The van der Waals surface area contributed by atoms with Crippen molar-refractivity contribution in [2.45, 2.75) is 6.92 Å². The van der Waals surface area contributed by atoms with Crippen molar-refractivity contribution in [2.24, 2.45) is 0 Å². The Hall–Kier alpha value is -2.41. The van der Waals surface area contributed by atoms with Gasteiger partial charge in [0.05, 0.1) is 4.53 Å². The number of fused-ring (bicyclic) bond motifs is 1. The number of hydrogen-bond donors (Lipinski definition) is 0. The molecule has 0 atom stereocenters. The van der Waals surface area contributed by atoms with Gasteiger partial charge < -0.3 is 0 Å². The maximum Gasteiger partial charge on any atom is 0.295 e. The molecular formula is C13H8FN3O2S. The van der Waals surface area contributed by atoms with E-state index in [-0.39, 0.29) is 22.0 Å². The highest BCUT2D eigenvalue weighted by Gasteiger charge is 2.08. The first kappa shape index (κ1) is 12.6. The molecule has 7 heteroatoms. The van der Waals surface area contributed by atoms with Gasteiger partial charge in [-0.25, -0.2) is 4.39 Å². The molecule has 0 spiro atoms. The lowest BCUT2D eigenvalue weighted by molar-refractivity contribution is 0.627. The number of benzene rings is 1. The van der Waals surface area contributed by atoms with Gasteiger partial charge in [0.2, 0.25) is 4.96 Å². The lowest BCUT2D eigenvalue weighted by Gasteiger charge is -1.90. The molecule has 2 heterocycles. The summed E-state index contributed by atoms with van der Waals surface area (Å²) in [5, 5.41) is 3.90. The van der Waals surface area contributed by atoms with Gasteiger partial charge in [-0.1, -0.05) is 23.5 Å². The minimum atomic E-state index is -0.455. The lowest BCUT2D eigenvalue weighted by Crippen LogP contribution is -2.27. The minimum Gasteiger partial charge on any atom is -0.266 e. The van der Waals surface area contributed by atoms with Gasteiger partial charge in [0.25, 0.3) is 11.1 Å². The SMILES string of the molecule is Cc1nn2c(=O)c(=Cc3cccc(F)c3)sc2nc1=O. The van der Waals surface area contributed by atoms with Gasteiger partial charge in [0.15, 0.2) is 0 Å². The average molecular weight is 289 g/mol. The molecule has 0 unspecified atom stereocenters. The number of thiazole rings is 1. The van der Waals surface area contributed by atoms with E-state index in [4.69, 9.17) is 0 Å². The molecule has 100 valence electrons. The largest absolute Gasteiger partial charge is 0.295 e. The van der Waals surface area contributed by atoms with Gasteiger partial charge in [-0.2, -0.15) is 14.6 Å². The molecule has 0 N–H and O–H groups in total. The van der Waals surface area contributed by atoms with E-state index >= 15 is 0 Å². The standard InChI is InChI=1S/C13H8FN3O2S/c1-7-11(18)15-13-17(16-7)12(19)10(20-13)6-8-3-2-4-9(14)5-8/h2-6H,1H3. The van der Waals surface area contributed by atoms with E-state index in [2.05, 4.69) is 10.1 Å². The molecule has 0 bridgehead atoms. The van der Waals surface area contributed by atoms with E-state index in [9.17, 15) is 14.0 Å². The summed E-state index contributed by atoms with van der Waals surface area (Å²) in [6.45, 7) is 1.49. The van der Waals surface area contributed by atoms with Crippen LogP contribution in [0.3, 0.4) is 0 Å². The van der Waals surface area contributed by atoms with Gasteiger partial charge in [0, 0.05) is 0 Å². The Kier molecular flexibility index (Phi) is 2.90. The Morgan fingerprint density at radius 3 is 2.90 bits per heavy atom. The summed E-state index contributed by atoms with van der Waals surface area (Å²) in [5.41, 5.74) is -0.101. The number of hydrogen-bond acceptors (Lipinski definition) is 5. The van der Waals surface area contributed by atoms with E-state index in [0.717, 1.165) is 15.9 Å². The number of rotatable bonds is 1. The fourth-order valence-corrected chi connectivity index (χ4v) is 2.64. The quantitative estimate of drug-likeness (QED) is 0.654. The predicted octanol–water partition coefficient (Wildman–Crippen LogP) is 0.506. The van der Waals surface area contributed by atoms with Crippen molar-refractivity contribution in [3.63, 3.8) is 0 Å². The number of halogens is 1. The van der Waals surface area contributed by atoms with Crippen LogP contribution in [0.2, 0.25) is 0 Å². The van der Waals surface area contributed by atoms with Crippen LogP contribution in [0.4, 0.5) is 4.39 Å². The topological polar surface area (TPSA) is 64.3 Å². The van der Waals surface area contributed by atoms with E-state index in [0.29, 0.717) is 10.1 Å². The van der Waals surface area contributed by atoms with Crippen LogP contribution in [0.5, 0.6) is 0 Å². The maximum absolute atomic E-state index is 13.1. The zero-order valence-corrected chi connectivity index (χ0v) is 11.1. The van der Waals surface area contributed by atoms with Crippen molar-refractivity contribution in [2.75, 3.05) is 0 Å². The fraction of sp³-hybridized carbons (Fsp3) is 0.0769. The molecule has 3 rings (SSSR count). The highest BCUT2D eigenvalue weighted by Crippen LogP contribution is 2.04. The zero-order valence-electron chi connectivity index (χ0n) is 10.3. The molecule has 1 aromatic carbocycles. The number of aromatic nitrogens is 3. The molecule has 0 aliphatic heterocycles. The third-order valence-electron chi connectivity index (χ3n) is 2.69. The second-order valence-corrected chi connectivity index (χ2v) is 5.18. The summed E-state index contributed by atoms with van der Waals surface area (Å²) < 4.78 is 14.6. The van der Waals surface area contributed by atoms with Gasteiger partial charge >= 0.3 is 0 Å². The van der Waals surface area contributed by atoms with Crippen molar-refractivity contribution in [1.82, 2.24) is 14.6 Å². The molecule has 3 aromatic rings. The predicted molar refractivity (Wildman–Crippen MR) is 73.3 cm³/mol. The van der Waals surface area contributed by atoms with Crippen LogP contribution in [0.1, 0.15) is 11.3 Å². The van der Waals surface area contributed by atoms with Crippen LogP contribution >= 0.6 is 11.3 Å². The van der Waals surface area contributed by atoms with Crippen LogP contribution in [-0.2, 0) is 0 Å². The highest BCUT2D eigenvalue weighted by molar-refractivity contribution is 7.15. The fourth-order valence-electron chi connectivity index (χ4n) is 1.73. The van der Waals surface area contributed by atoms with Crippen molar-refractivity contribution >= 4 is 22.4 Å². The van der Waals surface area contributed by atoms with Crippen LogP contribution in [0.25, 0.3) is 11.0 Å². The van der Waals surface area contributed by atoms with Crippen LogP contribution < -0.4 is 15.7 Å². The molecule has 2 aromatic heterocycles. The second-order valence-electron chi connectivity index (χ2n) is 4.17. The van der Waals surface area contributed by atoms with Crippen molar-refractivity contribution in [3.8, 4) is 0 Å². The maximum atomic E-state index is 13.1. The normalized spacial score (nSPS) is 12.2. The minimum absolute atomic E-state index is 0.162. The Balaban J connectivity index is 2.30. The molecule has 0 fully saturated rings. The van der Waals surface area contributed by atoms with Crippen molar-refractivity contribution in [3.05, 3.63) is 66.6 Å². The Morgan fingerprint density at radius 1 is 1.35 bits per heavy atom. The first-order chi connectivity index (χ1) is 9.54. The highest BCUT2D eigenvalue weighted by atomic mass is 32.1. The monoisotopic (exact) mass is 289 g/mol. The Morgan fingerprint density at radius 2 is 2.15 bits per heavy atom. The molecule has 20 heavy (non-hydrogen) atoms. The summed E-state index contributed by atoms with van der Waals surface area (Å²) in [6, 6.07) is 5.89. The number of nitrogens with zero attached hydrogens (tertiary/aromatic N) is 3. The van der Waals surface area contributed by atoms with E-state index in [1.807, 2.05) is 0 Å². The third kappa shape index (κ3) is 2.12. The van der Waals surface area contributed by atoms with Crippen molar-refractivity contribution < 1.29 is 4.39 Å². The molecule has 0 saturated heterocycles. The summed E-state index contributed by atoms with van der Waals surface area (Å²) in [6.07, 6.45) is 1.55. The smallest absolute Gasteiger partial charge is 0.266 e. The average Bonchev–Trinajstić information content (AvgIpc) is 2.68. The first-order valence-corrected chi connectivity index (χ1v) is 6.54. The van der Waals surface area contributed by atoms with Gasteiger partial charge in [-0.05, 0) is 30.7 Å². The molecule has 0 saturated carbocycles. The summed E-state index contributed by atoms with van der Waals surface area (Å²) in [7, 11) is 0.